The second-order valence-electron chi connectivity index (χ2n) is 6.64. The third-order valence-corrected chi connectivity index (χ3v) is 4.81. The lowest BCUT2D eigenvalue weighted by molar-refractivity contribution is 0.0745. The first kappa shape index (κ1) is 17.6. The van der Waals surface area contributed by atoms with Crippen molar-refractivity contribution in [2.24, 2.45) is 0 Å². The molecule has 9 heteroatoms. The SMILES string of the molecule is O=C(c1cnc(NCC2CCCO2)nc1)N1CCN(c2ncccn2)CC1. The summed E-state index contributed by atoms with van der Waals surface area (Å²) in [7, 11) is 0. The molecule has 2 aliphatic heterocycles. The van der Waals surface area contributed by atoms with Gasteiger partial charge in [-0.05, 0) is 18.9 Å². The van der Waals surface area contributed by atoms with Crippen LogP contribution in [-0.4, -0.2) is 76.2 Å². The molecule has 142 valence electrons. The zero-order valence-corrected chi connectivity index (χ0v) is 15.1. The fourth-order valence-corrected chi connectivity index (χ4v) is 3.29. The van der Waals surface area contributed by atoms with E-state index in [0.29, 0.717) is 50.2 Å². The maximum atomic E-state index is 12.7. The van der Waals surface area contributed by atoms with Crippen LogP contribution in [-0.2, 0) is 4.74 Å². The van der Waals surface area contributed by atoms with Gasteiger partial charge in [0, 0.05) is 64.1 Å². The summed E-state index contributed by atoms with van der Waals surface area (Å²) >= 11 is 0. The molecule has 1 amide bonds. The highest BCUT2D eigenvalue weighted by Crippen LogP contribution is 2.14. The van der Waals surface area contributed by atoms with Crippen molar-refractivity contribution >= 4 is 17.8 Å². The van der Waals surface area contributed by atoms with Crippen LogP contribution in [0.3, 0.4) is 0 Å². The molecule has 0 bridgehead atoms. The maximum absolute atomic E-state index is 12.7. The van der Waals surface area contributed by atoms with Gasteiger partial charge in [0.1, 0.15) is 0 Å². The zero-order valence-electron chi connectivity index (χ0n) is 15.1. The molecule has 0 aliphatic carbocycles. The normalized spacial score (nSPS) is 19.9. The summed E-state index contributed by atoms with van der Waals surface area (Å²) in [5, 5.41) is 3.16. The maximum Gasteiger partial charge on any atom is 0.257 e. The molecule has 2 aliphatic rings. The minimum absolute atomic E-state index is 0.0469. The van der Waals surface area contributed by atoms with E-state index in [1.807, 2.05) is 4.90 Å². The van der Waals surface area contributed by atoms with E-state index in [1.54, 1.807) is 30.9 Å². The number of ether oxygens (including phenoxy) is 1. The number of piperazine rings is 1. The number of hydrogen-bond donors (Lipinski definition) is 1. The average Bonchev–Trinajstić information content (AvgIpc) is 3.27. The van der Waals surface area contributed by atoms with Gasteiger partial charge in [0.25, 0.3) is 5.91 Å². The van der Waals surface area contributed by atoms with Crippen LogP contribution >= 0.6 is 0 Å². The molecule has 27 heavy (non-hydrogen) atoms. The van der Waals surface area contributed by atoms with Crippen LogP contribution in [0.4, 0.5) is 11.9 Å². The van der Waals surface area contributed by atoms with Crippen molar-refractivity contribution in [3.05, 3.63) is 36.4 Å². The molecule has 0 saturated carbocycles. The van der Waals surface area contributed by atoms with Crippen molar-refractivity contribution in [2.45, 2.75) is 18.9 Å². The van der Waals surface area contributed by atoms with Gasteiger partial charge in [-0.1, -0.05) is 0 Å². The molecular formula is C18H23N7O2. The number of nitrogens with zero attached hydrogens (tertiary/aromatic N) is 6. The Morgan fingerprint density at radius 3 is 2.52 bits per heavy atom. The van der Waals surface area contributed by atoms with Gasteiger partial charge in [-0.3, -0.25) is 4.79 Å². The first-order chi connectivity index (χ1) is 13.3. The van der Waals surface area contributed by atoms with Crippen LogP contribution in [0.5, 0.6) is 0 Å². The van der Waals surface area contributed by atoms with Gasteiger partial charge in [0.05, 0.1) is 11.7 Å². The molecule has 2 aromatic rings. The highest BCUT2D eigenvalue weighted by Gasteiger charge is 2.24. The number of nitrogens with one attached hydrogen (secondary N) is 1. The molecule has 2 fully saturated rings. The Morgan fingerprint density at radius 1 is 1.11 bits per heavy atom. The van der Waals surface area contributed by atoms with Crippen molar-refractivity contribution in [3.63, 3.8) is 0 Å². The monoisotopic (exact) mass is 369 g/mol. The predicted molar refractivity (Wildman–Crippen MR) is 99.6 cm³/mol. The summed E-state index contributed by atoms with van der Waals surface area (Å²) in [6.07, 6.45) is 9.00. The lowest BCUT2D eigenvalue weighted by Gasteiger charge is -2.34. The van der Waals surface area contributed by atoms with E-state index in [1.165, 1.54) is 0 Å². The lowest BCUT2D eigenvalue weighted by Crippen LogP contribution is -2.49. The third-order valence-electron chi connectivity index (χ3n) is 4.81. The van der Waals surface area contributed by atoms with E-state index in [2.05, 4.69) is 30.2 Å². The molecule has 4 heterocycles. The van der Waals surface area contributed by atoms with E-state index >= 15 is 0 Å². The smallest absolute Gasteiger partial charge is 0.257 e. The van der Waals surface area contributed by atoms with Gasteiger partial charge >= 0.3 is 0 Å². The average molecular weight is 369 g/mol. The van der Waals surface area contributed by atoms with Crippen molar-refractivity contribution in [1.82, 2.24) is 24.8 Å². The Hall–Kier alpha value is -2.81. The van der Waals surface area contributed by atoms with Crippen LogP contribution < -0.4 is 10.2 Å². The van der Waals surface area contributed by atoms with Crippen molar-refractivity contribution in [3.8, 4) is 0 Å². The standard InChI is InChI=1S/C18H23N7O2/c26-16(24-6-8-25(9-7-24)18-19-4-2-5-20-18)14-11-21-17(22-12-14)23-13-15-3-1-10-27-15/h2,4-5,11-12,15H,1,3,6-10,13H2,(H,21,22,23). The zero-order chi connectivity index (χ0) is 18.5. The lowest BCUT2D eigenvalue weighted by atomic mass is 10.2. The second kappa shape index (κ2) is 8.26. The third kappa shape index (κ3) is 4.30. The number of carbonyl (C=O) groups is 1. The first-order valence-corrected chi connectivity index (χ1v) is 9.28. The largest absolute Gasteiger partial charge is 0.376 e. The number of carbonyl (C=O) groups excluding carboxylic acids is 1. The highest BCUT2D eigenvalue weighted by atomic mass is 16.5. The molecule has 9 nitrogen and oxygen atoms in total. The Morgan fingerprint density at radius 2 is 1.85 bits per heavy atom. The summed E-state index contributed by atoms with van der Waals surface area (Å²) < 4.78 is 5.56. The Kier molecular flexibility index (Phi) is 5.38. The summed E-state index contributed by atoms with van der Waals surface area (Å²) in [6, 6.07) is 1.79. The fourth-order valence-electron chi connectivity index (χ4n) is 3.29. The van der Waals surface area contributed by atoms with Crippen LogP contribution in [0.2, 0.25) is 0 Å². The van der Waals surface area contributed by atoms with E-state index in [-0.39, 0.29) is 12.0 Å². The van der Waals surface area contributed by atoms with Crippen LogP contribution in [0.15, 0.2) is 30.9 Å². The highest BCUT2D eigenvalue weighted by molar-refractivity contribution is 5.93. The summed E-state index contributed by atoms with van der Waals surface area (Å²) in [5.41, 5.74) is 0.502. The van der Waals surface area contributed by atoms with Crippen LogP contribution in [0.25, 0.3) is 0 Å². The summed E-state index contributed by atoms with van der Waals surface area (Å²) in [5.74, 6) is 1.18. The quantitative estimate of drug-likeness (QED) is 0.827. The van der Waals surface area contributed by atoms with E-state index < -0.39 is 0 Å². The van der Waals surface area contributed by atoms with Gasteiger partial charge in [0.15, 0.2) is 0 Å². The van der Waals surface area contributed by atoms with Gasteiger partial charge in [-0.15, -0.1) is 0 Å². The van der Waals surface area contributed by atoms with Crippen molar-refractivity contribution in [1.29, 1.82) is 0 Å². The van der Waals surface area contributed by atoms with Gasteiger partial charge in [0.2, 0.25) is 11.9 Å². The van der Waals surface area contributed by atoms with Gasteiger partial charge in [-0.2, -0.15) is 0 Å². The second-order valence-corrected chi connectivity index (χ2v) is 6.64. The molecule has 0 aromatic carbocycles. The van der Waals surface area contributed by atoms with E-state index in [4.69, 9.17) is 4.74 Å². The number of hydrogen-bond acceptors (Lipinski definition) is 8. The van der Waals surface area contributed by atoms with Gasteiger partial charge in [-0.25, -0.2) is 19.9 Å². The van der Waals surface area contributed by atoms with Crippen molar-refractivity contribution in [2.75, 3.05) is 49.5 Å². The first-order valence-electron chi connectivity index (χ1n) is 9.28. The predicted octanol–water partition coefficient (Wildman–Crippen LogP) is 0.820. The van der Waals surface area contributed by atoms with Crippen LogP contribution in [0.1, 0.15) is 23.2 Å². The van der Waals surface area contributed by atoms with Gasteiger partial charge < -0.3 is 19.9 Å². The minimum Gasteiger partial charge on any atom is -0.376 e. The Bertz CT molecular complexity index is 742. The molecular weight excluding hydrogens is 346 g/mol. The fraction of sp³-hybridized carbons (Fsp3) is 0.500. The molecule has 2 aromatic heterocycles. The van der Waals surface area contributed by atoms with Crippen LogP contribution in [0, 0.1) is 0 Å². The molecule has 0 spiro atoms. The number of anilines is 2. The summed E-state index contributed by atoms with van der Waals surface area (Å²) in [6.45, 7) is 4.17. The number of rotatable bonds is 5. The Balaban J connectivity index is 1.29. The minimum atomic E-state index is -0.0469. The number of amides is 1. The van der Waals surface area contributed by atoms with E-state index in [0.717, 1.165) is 19.4 Å². The van der Waals surface area contributed by atoms with E-state index in [9.17, 15) is 4.79 Å². The van der Waals surface area contributed by atoms with Crippen molar-refractivity contribution < 1.29 is 9.53 Å². The topological polar surface area (TPSA) is 96.4 Å². The molecule has 1 unspecified atom stereocenters. The molecule has 0 radical (unpaired) electrons. The Labute approximate surface area is 157 Å². The number of aromatic nitrogens is 4. The molecule has 1 N–H and O–H groups in total. The molecule has 2 saturated heterocycles. The summed E-state index contributed by atoms with van der Waals surface area (Å²) in [4.78, 5) is 33.6. The molecule has 1 atom stereocenters. The molecule has 4 rings (SSSR count).